The Morgan fingerprint density at radius 3 is 2.80 bits per heavy atom. The van der Waals surface area contributed by atoms with Gasteiger partial charge in [-0.2, -0.15) is 0 Å². The van der Waals surface area contributed by atoms with Gasteiger partial charge in [0.05, 0.1) is 12.9 Å². The summed E-state index contributed by atoms with van der Waals surface area (Å²) in [6.45, 7) is 1.21. The van der Waals surface area contributed by atoms with Crippen molar-refractivity contribution in [2.75, 3.05) is 20.2 Å². The van der Waals surface area contributed by atoms with Crippen LogP contribution < -0.4 is 14.8 Å². The lowest BCUT2D eigenvalue weighted by Gasteiger charge is -2.27. The summed E-state index contributed by atoms with van der Waals surface area (Å²) in [4.78, 5) is 0. The molecule has 1 aliphatic heterocycles. The van der Waals surface area contributed by atoms with Crippen molar-refractivity contribution in [3.63, 3.8) is 0 Å². The quantitative estimate of drug-likeness (QED) is 0.805. The highest BCUT2D eigenvalue weighted by atomic mass is 35.5. The van der Waals surface area contributed by atoms with E-state index in [0.717, 1.165) is 13.0 Å². The lowest BCUT2D eigenvalue weighted by atomic mass is 9.95. The van der Waals surface area contributed by atoms with Gasteiger partial charge in [0.25, 0.3) is 0 Å². The minimum Gasteiger partial charge on any atom is -0.497 e. The maximum atomic E-state index is 12.4. The van der Waals surface area contributed by atoms with Crippen molar-refractivity contribution < 1.29 is 13.2 Å². The predicted octanol–water partition coefficient (Wildman–Crippen LogP) is 2.42. The van der Waals surface area contributed by atoms with Gasteiger partial charge in [0.15, 0.2) is 0 Å². The molecule has 0 spiro atoms. The summed E-state index contributed by atoms with van der Waals surface area (Å²) in [6, 6.07) is 15.3. The molecule has 25 heavy (non-hydrogen) atoms. The van der Waals surface area contributed by atoms with Crippen LogP contribution in [0.25, 0.3) is 0 Å². The van der Waals surface area contributed by atoms with E-state index in [1.807, 2.05) is 12.1 Å². The Bertz CT molecular complexity index is 811. The van der Waals surface area contributed by atoms with Crippen LogP contribution in [0.1, 0.15) is 22.7 Å². The molecule has 2 aromatic rings. The molecule has 0 amide bonds. The summed E-state index contributed by atoms with van der Waals surface area (Å²) in [5.74, 6) is 0.601. The zero-order chi connectivity index (χ0) is 17.0. The molecule has 0 saturated heterocycles. The van der Waals surface area contributed by atoms with E-state index < -0.39 is 10.0 Å². The molecular formula is C18H23ClN2O3S. The molecule has 3 rings (SSSR count). The minimum absolute atomic E-state index is 0. The van der Waals surface area contributed by atoms with E-state index in [9.17, 15) is 8.42 Å². The fourth-order valence-electron chi connectivity index (χ4n) is 3.02. The van der Waals surface area contributed by atoms with Crippen LogP contribution in [0.15, 0.2) is 48.5 Å². The summed E-state index contributed by atoms with van der Waals surface area (Å²) < 4.78 is 32.6. The zero-order valence-corrected chi connectivity index (χ0v) is 15.7. The smallest absolute Gasteiger partial charge is 0.215 e. The van der Waals surface area contributed by atoms with Gasteiger partial charge < -0.3 is 10.1 Å². The standard InChI is InChI=1S/C18H22N2O3S.ClH/c1-23-16-7-4-5-14(11-16)13-24(21,22)20-12-18-17-8-3-2-6-15(17)9-10-19-18;/h2-8,11,18-20H,9-10,12-13H2,1H3;1H. The van der Waals surface area contributed by atoms with Crippen LogP contribution in [0.5, 0.6) is 5.75 Å². The number of rotatable bonds is 6. The molecule has 0 saturated carbocycles. The van der Waals surface area contributed by atoms with Crippen molar-refractivity contribution in [2.45, 2.75) is 18.2 Å². The zero-order valence-electron chi connectivity index (χ0n) is 14.1. The average Bonchev–Trinajstić information content (AvgIpc) is 2.60. The van der Waals surface area contributed by atoms with Crippen LogP contribution in [0.4, 0.5) is 0 Å². The lowest BCUT2D eigenvalue weighted by Crippen LogP contribution is -2.39. The molecule has 2 aromatic carbocycles. The summed E-state index contributed by atoms with van der Waals surface area (Å²) in [6.07, 6.45) is 0.975. The van der Waals surface area contributed by atoms with Gasteiger partial charge in [-0.15, -0.1) is 12.4 Å². The van der Waals surface area contributed by atoms with Gasteiger partial charge in [-0.05, 0) is 41.8 Å². The van der Waals surface area contributed by atoms with Crippen molar-refractivity contribution in [1.29, 1.82) is 0 Å². The highest BCUT2D eigenvalue weighted by molar-refractivity contribution is 7.88. The number of halogens is 1. The van der Waals surface area contributed by atoms with Crippen LogP contribution in [0, 0.1) is 0 Å². The van der Waals surface area contributed by atoms with E-state index in [4.69, 9.17) is 4.74 Å². The van der Waals surface area contributed by atoms with Gasteiger partial charge in [0.2, 0.25) is 10.0 Å². The van der Waals surface area contributed by atoms with E-state index in [0.29, 0.717) is 17.9 Å². The maximum Gasteiger partial charge on any atom is 0.215 e. The molecular weight excluding hydrogens is 360 g/mol. The molecule has 1 unspecified atom stereocenters. The van der Waals surface area contributed by atoms with E-state index in [1.165, 1.54) is 11.1 Å². The SMILES string of the molecule is COc1cccc(CS(=O)(=O)NCC2NCCc3ccccc32)c1.Cl. The lowest BCUT2D eigenvalue weighted by molar-refractivity contribution is 0.414. The first kappa shape index (κ1) is 19.7. The van der Waals surface area contributed by atoms with E-state index in [2.05, 4.69) is 22.2 Å². The van der Waals surface area contributed by atoms with Crippen LogP contribution >= 0.6 is 12.4 Å². The minimum atomic E-state index is -3.41. The Morgan fingerprint density at radius 1 is 1.20 bits per heavy atom. The topological polar surface area (TPSA) is 67.4 Å². The summed E-state index contributed by atoms with van der Waals surface area (Å²) >= 11 is 0. The van der Waals surface area contributed by atoms with Crippen molar-refractivity contribution in [2.24, 2.45) is 0 Å². The van der Waals surface area contributed by atoms with Crippen LogP contribution in [0.2, 0.25) is 0 Å². The van der Waals surface area contributed by atoms with Crippen LogP contribution in [-0.2, 0) is 22.2 Å². The number of hydrogen-bond acceptors (Lipinski definition) is 4. The molecule has 0 fully saturated rings. The fraction of sp³-hybridized carbons (Fsp3) is 0.333. The first-order valence-corrected chi connectivity index (χ1v) is 9.64. The molecule has 0 aromatic heterocycles. The predicted molar refractivity (Wildman–Crippen MR) is 102 cm³/mol. The highest BCUT2D eigenvalue weighted by Crippen LogP contribution is 2.22. The third-order valence-electron chi connectivity index (χ3n) is 4.21. The number of ether oxygens (including phenoxy) is 1. The first-order valence-electron chi connectivity index (χ1n) is 7.99. The highest BCUT2D eigenvalue weighted by Gasteiger charge is 2.21. The van der Waals surface area contributed by atoms with Gasteiger partial charge in [-0.3, -0.25) is 0 Å². The van der Waals surface area contributed by atoms with Gasteiger partial charge in [0.1, 0.15) is 5.75 Å². The fourth-order valence-corrected chi connectivity index (χ4v) is 4.16. The number of benzene rings is 2. The van der Waals surface area contributed by atoms with Crippen LogP contribution in [0.3, 0.4) is 0 Å². The van der Waals surface area contributed by atoms with Crippen molar-refractivity contribution >= 4 is 22.4 Å². The van der Waals surface area contributed by atoms with Crippen molar-refractivity contribution in [1.82, 2.24) is 10.0 Å². The van der Waals surface area contributed by atoms with Gasteiger partial charge >= 0.3 is 0 Å². The summed E-state index contributed by atoms with van der Waals surface area (Å²) in [5, 5.41) is 3.38. The second-order valence-electron chi connectivity index (χ2n) is 5.91. The number of nitrogens with one attached hydrogen (secondary N) is 2. The van der Waals surface area contributed by atoms with Crippen molar-refractivity contribution in [3.05, 3.63) is 65.2 Å². The third-order valence-corrected chi connectivity index (χ3v) is 5.53. The Hall–Kier alpha value is -1.60. The number of sulfonamides is 1. The van der Waals surface area contributed by atoms with Gasteiger partial charge in [-0.25, -0.2) is 13.1 Å². The maximum absolute atomic E-state index is 12.4. The van der Waals surface area contributed by atoms with E-state index in [1.54, 1.807) is 31.4 Å². The Morgan fingerprint density at radius 2 is 2.00 bits per heavy atom. The summed E-state index contributed by atoms with van der Waals surface area (Å²) in [7, 11) is -1.84. The molecule has 7 heteroatoms. The molecule has 5 nitrogen and oxygen atoms in total. The largest absolute Gasteiger partial charge is 0.497 e. The monoisotopic (exact) mass is 382 g/mol. The molecule has 0 radical (unpaired) electrons. The normalized spacial score (nSPS) is 16.6. The average molecular weight is 383 g/mol. The van der Waals surface area contributed by atoms with Gasteiger partial charge in [-0.1, -0.05) is 36.4 Å². The second-order valence-corrected chi connectivity index (χ2v) is 7.72. The number of methoxy groups -OCH3 is 1. The van der Waals surface area contributed by atoms with Crippen molar-refractivity contribution in [3.8, 4) is 5.75 Å². The number of hydrogen-bond donors (Lipinski definition) is 2. The molecule has 2 N–H and O–H groups in total. The Kier molecular flexibility index (Phi) is 6.84. The summed E-state index contributed by atoms with van der Waals surface area (Å²) in [5.41, 5.74) is 3.17. The van der Waals surface area contributed by atoms with Gasteiger partial charge in [0, 0.05) is 12.6 Å². The molecule has 136 valence electrons. The van der Waals surface area contributed by atoms with E-state index in [-0.39, 0.29) is 24.2 Å². The molecule has 0 aliphatic carbocycles. The second kappa shape index (κ2) is 8.67. The molecule has 1 heterocycles. The molecule has 1 atom stereocenters. The Labute approximate surface area is 155 Å². The van der Waals surface area contributed by atoms with Crippen LogP contribution in [-0.4, -0.2) is 28.6 Å². The Balaban J connectivity index is 0.00000225. The molecule has 0 bridgehead atoms. The first-order chi connectivity index (χ1) is 11.6. The third kappa shape index (κ3) is 5.19. The molecule has 1 aliphatic rings. The van der Waals surface area contributed by atoms with E-state index >= 15 is 0 Å². The number of fused-ring (bicyclic) bond motifs is 1.